The zero-order chi connectivity index (χ0) is 14.8. The van der Waals surface area contributed by atoms with Crippen LogP contribution in [0.15, 0.2) is 11.2 Å². The molecule has 0 aliphatic rings. The lowest BCUT2D eigenvalue weighted by Gasteiger charge is -2.17. The number of aromatic nitrogens is 2. The van der Waals surface area contributed by atoms with Crippen molar-refractivity contribution >= 4 is 16.0 Å². The predicted molar refractivity (Wildman–Crippen MR) is 69.3 cm³/mol. The van der Waals surface area contributed by atoms with Crippen molar-refractivity contribution in [3.05, 3.63) is 12.0 Å². The lowest BCUT2D eigenvalue weighted by Crippen LogP contribution is -2.33. The number of carboxylic acid groups (broad SMARTS) is 1. The molecule has 8 heteroatoms. The molecule has 1 atom stereocenters. The number of imidazole rings is 1. The van der Waals surface area contributed by atoms with Gasteiger partial charge in [-0.05, 0) is 13.8 Å². The molecule has 0 aliphatic heterocycles. The fraction of sp³-hybridized carbons (Fsp3) is 0.636. The molecule has 19 heavy (non-hydrogen) atoms. The molecule has 0 fully saturated rings. The third-order valence-corrected chi connectivity index (χ3v) is 4.62. The molecule has 7 nitrogen and oxygen atoms in total. The van der Waals surface area contributed by atoms with Gasteiger partial charge >= 0.3 is 5.97 Å². The average molecular weight is 289 g/mol. The van der Waals surface area contributed by atoms with E-state index in [0.29, 0.717) is 12.4 Å². The number of aliphatic carboxylic acids is 1. The van der Waals surface area contributed by atoms with Gasteiger partial charge in [0.2, 0.25) is 0 Å². The molecule has 0 saturated carbocycles. The van der Waals surface area contributed by atoms with Gasteiger partial charge < -0.3 is 9.67 Å². The van der Waals surface area contributed by atoms with Crippen LogP contribution in [0.4, 0.5) is 0 Å². The molecule has 1 aromatic heterocycles. The van der Waals surface area contributed by atoms with Crippen molar-refractivity contribution in [2.24, 2.45) is 5.92 Å². The Labute approximate surface area is 112 Å². The quantitative estimate of drug-likeness (QED) is 0.825. The van der Waals surface area contributed by atoms with E-state index < -0.39 is 21.9 Å². The highest BCUT2D eigenvalue weighted by atomic mass is 32.2. The first-order chi connectivity index (χ1) is 8.70. The van der Waals surface area contributed by atoms with Crippen molar-refractivity contribution in [2.45, 2.75) is 32.3 Å². The molecule has 0 spiro atoms. The third kappa shape index (κ3) is 3.32. The van der Waals surface area contributed by atoms with E-state index in [1.54, 1.807) is 11.5 Å². The third-order valence-electron chi connectivity index (χ3n) is 2.92. The normalized spacial score (nSPS) is 13.7. The smallest absolute Gasteiger partial charge is 0.307 e. The van der Waals surface area contributed by atoms with E-state index in [1.165, 1.54) is 20.2 Å². The summed E-state index contributed by atoms with van der Waals surface area (Å²) in [6.07, 6.45) is 1.46. The molecule has 1 unspecified atom stereocenters. The van der Waals surface area contributed by atoms with E-state index in [9.17, 15) is 13.2 Å². The van der Waals surface area contributed by atoms with Gasteiger partial charge in [0.25, 0.3) is 10.0 Å². The Morgan fingerprint density at radius 3 is 2.58 bits per heavy atom. The van der Waals surface area contributed by atoms with E-state index in [4.69, 9.17) is 5.11 Å². The van der Waals surface area contributed by atoms with E-state index >= 15 is 0 Å². The van der Waals surface area contributed by atoms with Crippen molar-refractivity contribution in [3.8, 4) is 0 Å². The molecule has 0 radical (unpaired) electrons. The first-order valence-corrected chi connectivity index (χ1v) is 7.37. The van der Waals surface area contributed by atoms with Crippen molar-refractivity contribution in [3.63, 3.8) is 0 Å². The Morgan fingerprint density at radius 2 is 2.16 bits per heavy atom. The number of hydrogen-bond acceptors (Lipinski definition) is 4. The minimum absolute atomic E-state index is 0.0491. The van der Waals surface area contributed by atoms with Crippen LogP contribution < -0.4 is 0 Å². The molecule has 1 aromatic rings. The highest BCUT2D eigenvalue weighted by Gasteiger charge is 2.27. The molecule has 0 amide bonds. The molecule has 0 bridgehead atoms. The van der Waals surface area contributed by atoms with Crippen molar-refractivity contribution < 1.29 is 18.3 Å². The van der Waals surface area contributed by atoms with Gasteiger partial charge in [-0.2, -0.15) is 4.31 Å². The maximum Gasteiger partial charge on any atom is 0.307 e. The zero-order valence-corrected chi connectivity index (χ0v) is 12.3. The van der Waals surface area contributed by atoms with Crippen LogP contribution >= 0.6 is 0 Å². The lowest BCUT2D eigenvalue weighted by atomic mass is 10.2. The first-order valence-electron chi connectivity index (χ1n) is 5.93. The topological polar surface area (TPSA) is 92.5 Å². The second-order valence-corrected chi connectivity index (χ2v) is 6.43. The molecular weight excluding hydrogens is 270 g/mol. The number of rotatable bonds is 6. The summed E-state index contributed by atoms with van der Waals surface area (Å²) in [5.74, 6) is -1.19. The van der Waals surface area contributed by atoms with E-state index in [0.717, 1.165) is 4.31 Å². The SMILES string of the molecule is CCn1cc(S(=O)(=O)N(C)CC(C)C(=O)O)nc1C. The monoisotopic (exact) mass is 289 g/mol. The minimum Gasteiger partial charge on any atom is -0.481 e. The van der Waals surface area contributed by atoms with Crippen LogP contribution in [0.5, 0.6) is 0 Å². The molecule has 108 valence electrons. The van der Waals surface area contributed by atoms with Gasteiger partial charge in [0.1, 0.15) is 5.82 Å². The Bertz CT molecular complexity index is 564. The Hall–Kier alpha value is -1.41. The summed E-state index contributed by atoms with van der Waals surface area (Å²) >= 11 is 0. The maximum absolute atomic E-state index is 12.2. The number of carbonyl (C=O) groups is 1. The summed E-state index contributed by atoms with van der Waals surface area (Å²) < 4.78 is 27.2. The van der Waals surface area contributed by atoms with Crippen molar-refractivity contribution in [2.75, 3.05) is 13.6 Å². The lowest BCUT2D eigenvalue weighted by molar-refractivity contribution is -0.141. The van der Waals surface area contributed by atoms with E-state index in [1.807, 2.05) is 6.92 Å². The first kappa shape index (κ1) is 15.6. The standard InChI is InChI=1S/C11H19N3O4S/c1-5-14-7-10(12-9(14)3)19(17,18)13(4)6-8(2)11(15)16/h7-8H,5-6H2,1-4H3,(H,15,16). The van der Waals surface area contributed by atoms with Crippen LogP contribution in [0.25, 0.3) is 0 Å². The van der Waals surface area contributed by atoms with Gasteiger partial charge in [-0.1, -0.05) is 6.92 Å². The summed E-state index contributed by atoms with van der Waals surface area (Å²) in [6.45, 7) is 5.62. The summed E-state index contributed by atoms with van der Waals surface area (Å²) in [6, 6.07) is 0. The fourth-order valence-corrected chi connectivity index (χ4v) is 2.89. The molecule has 0 saturated heterocycles. The van der Waals surface area contributed by atoms with Gasteiger partial charge in [0.15, 0.2) is 5.03 Å². The van der Waals surface area contributed by atoms with Gasteiger partial charge in [-0.15, -0.1) is 0 Å². The number of sulfonamides is 1. The van der Waals surface area contributed by atoms with Gasteiger partial charge in [0.05, 0.1) is 5.92 Å². The Kier molecular flexibility index (Phi) is 4.70. The summed E-state index contributed by atoms with van der Waals surface area (Å²) in [5.41, 5.74) is 0. The maximum atomic E-state index is 12.2. The number of nitrogens with zero attached hydrogens (tertiary/aromatic N) is 3. The molecule has 0 aromatic carbocycles. The van der Waals surface area contributed by atoms with Crippen LogP contribution in [-0.2, 0) is 21.4 Å². The highest BCUT2D eigenvalue weighted by molar-refractivity contribution is 7.89. The van der Waals surface area contributed by atoms with Crippen LogP contribution in [-0.4, -0.2) is 46.9 Å². The minimum atomic E-state index is -3.74. The summed E-state index contributed by atoms with van der Waals surface area (Å²) in [5, 5.41) is 8.76. The van der Waals surface area contributed by atoms with Crippen LogP contribution in [0.1, 0.15) is 19.7 Å². The summed E-state index contributed by atoms with van der Waals surface area (Å²) in [7, 11) is -2.39. The van der Waals surface area contributed by atoms with Crippen molar-refractivity contribution in [1.29, 1.82) is 0 Å². The van der Waals surface area contributed by atoms with Crippen LogP contribution in [0.3, 0.4) is 0 Å². The largest absolute Gasteiger partial charge is 0.481 e. The van der Waals surface area contributed by atoms with Crippen LogP contribution in [0, 0.1) is 12.8 Å². The molecule has 1 N–H and O–H groups in total. The Morgan fingerprint density at radius 1 is 1.58 bits per heavy atom. The van der Waals surface area contributed by atoms with Gasteiger partial charge in [-0.3, -0.25) is 4.79 Å². The zero-order valence-electron chi connectivity index (χ0n) is 11.5. The molecular formula is C11H19N3O4S. The number of aryl methyl sites for hydroxylation is 2. The number of hydrogen-bond donors (Lipinski definition) is 1. The van der Waals surface area contributed by atoms with E-state index in [2.05, 4.69) is 4.98 Å². The summed E-state index contributed by atoms with van der Waals surface area (Å²) in [4.78, 5) is 14.8. The second-order valence-electron chi connectivity index (χ2n) is 4.44. The van der Waals surface area contributed by atoms with Crippen LogP contribution in [0.2, 0.25) is 0 Å². The predicted octanol–water partition coefficient (Wildman–Crippen LogP) is 0.553. The average Bonchev–Trinajstić information content (AvgIpc) is 2.70. The molecule has 0 aliphatic carbocycles. The highest BCUT2D eigenvalue weighted by Crippen LogP contribution is 2.15. The Balaban J connectivity index is 2.99. The van der Waals surface area contributed by atoms with Gasteiger partial charge in [0, 0.05) is 26.3 Å². The number of carboxylic acids is 1. The molecule has 1 rings (SSSR count). The van der Waals surface area contributed by atoms with E-state index in [-0.39, 0.29) is 11.6 Å². The fourth-order valence-electron chi connectivity index (χ4n) is 1.65. The second kappa shape index (κ2) is 5.70. The van der Waals surface area contributed by atoms with Crippen molar-refractivity contribution in [1.82, 2.24) is 13.9 Å². The molecule has 1 heterocycles. The van der Waals surface area contributed by atoms with Gasteiger partial charge in [-0.25, -0.2) is 13.4 Å².